The highest BCUT2D eigenvalue weighted by Crippen LogP contribution is 2.39. The smallest absolute Gasteiger partial charge is 0.128 e. The van der Waals surface area contributed by atoms with Crippen LogP contribution >= 0.6 is 0 Å². The Hall–Kier alpha value is -2.75. The molecule has 24 heavy (non-hydrogen) atoms. The number of rotatable bonds is 6. The maximum atomic E-state index is 10.5. The zero-order valence-corrected chi connectivity index (χ0v) is 13.8. The maximum absolute atomic E-state index is 10.5. The van der Waals surface area contributed by atoms with Gasteiger partial charge in [0, 0.05) is 0 Å². The molecule has 0 atom stereocenters. The molecule has 1 heterocycles. The Labute approximate surface area is 142 Å². The van der Waals surface area contributed by atoms with E-state index in [1.807, 2.05) is 30.3 Å². The lowest BCUT2D eigenvalue weighted by Crippen LogP contribution is -1.99. The second kappa shape index (κ2) is 7.21. The molecule has 0 fully saturated rings. The van der Waals surface area contributed by atoms with Crippen LogP contribution in [0.2, 0.25) is 0 Å². The lowest BCUT2D eigenvalue weighted by molar-refractivity contribution is 0.452. The van der Waals surface area contributed by atoms with Gasteiger partial charge >= 0.3 is 0 Å². The number of hydrogen-bond acceptors (Lipinski definition) is 3. The summed E-state index contributed by atoms with van der Waals surface area (Å²) >= 11 is 0. The minimum absolute atomic E-state index is 0.0826. The van der Waals surface area contributed by atoms with Crippen LogP contribution < -0.4 is 0 Å². The lowest BCUT2D eigenvalue weighted by atomic mass is 10.0. The Balaban J connectivity index is 1.98. The van der Waals surface area contributed by atoms with Crippen LogP contribution in [0.15, 0.2) is 54.7 Å². The summed E-state index contributed by atoms with van der Waals surface area (Å²) in [6, 6.07) is 14.9. The van der Waals surface area contributed by atoms with Gasteiger partial charge in [0.15, 0.2) is 0 Å². The number of aromatic hydroxyl groups is 2. The average molecular weight is 322 g/mol. The van der Waals surface area contributed by atoms with Crippen LogP contribution in [-0.2, 0) is 6.42 Å². The number of phenolic OH excluding ortho intramolecular Hbond substituents is 2. The predicted molar refractivity (Wildman–Crippen MR) is 95.6 cm³/mol. The molecule has 0 unspecified atom stereocenters. The van der Waals surface area contributed by atoms with Crippen molar-refractivity contribution in [1.29, 1.82) is 0 Å². The van der Waals surface area contributed by atoms with Crippen molar-refractivity contribution < 1.29 is 10.2 Å². The van der Waals surface area contributed by atoms with E-state index in [0.29, 0.717) is 11.3 Å². The van der Waals surface area contributed by atoms with Gasteiger partial charge in [0.05, 0.1) is 23.1 Å². The van der Waals surface area contributed by atoms with Crippen molar-refractivity contribution in [1.82, 2.24) is 9.78 Å². The van der Waals surface area contributed by atoms with Crippen molar-refractivity contribution in [2.24, 2.45) is 0 Å². The van der Waals surface area contributed by atoms with Gasteiger partial charge in [-0.2, -0.15) is 5.10 Å². The van der Waals surface area contributed by atoms with Crippen LogP contribution in [0, 0.1) is 0 Å². The summed E-state index contributed by atoms with van der Waals surface area (Å²) in [6.45, 7) is 2.16. The summed E-state index contributed by atoms with van der Waals surface area (Å²) in [5, 5.41) is 25.3. The Kier molecular flexibility index (Phi) is 4.85. The van der Waals surface area contributed by atoms with Crippen LogP contribution in [0.4, 0.5) is 0 Å². The lowest BCUT2D eigenvalue weighted by Gasteiger charge is -2.12. The summed E-state index contributed by atoms with van der Waals surface area (Å²) in [5.74, 6) is 0.165. The molecule has 0 spiro atoms. The molecule has 124 valence electrons. The summed E-state index contributed by atoms with van der Waals surface area (Å²) in [7, 11) is 0. The molecule has 0 saturated carbocycles. The first kappa shape index (κ1) is 16.1. The van der Waals surface area contributed by atoms with E-state index in [-0.39, 0.29) is 11.5 Å². The molecule has 0 radical (unpaired) electrons. The van der Waals surface area contributed by atoms with Gasteiger partial charge < -0.3 is 10.2 Å². The van der Waals surface area contributed by atoms with Gasteiger partial charge in [0.2, 0.25) is 0 Å². The number of aryl methyl sites for hydroxylation is 1. The van der Waals surface area contributed by atoms with E-state index in [0.717, 1.165) is 36.9 Å². The molecule has 0 saturated heterocycles. The molecule has 0 aliphatic carbocycles. The molecule has 0 aliphatic rings. The van der Waals surface area contributed by atoms with E-state index in [1.165, 1.54) is 0 Å². The molecule has 4 heteroatoms. The molecule has 4 nitrogen and oxygen atoms in total. The molecule has 3 rings (SSSR count). The summed E-state index contributed by atoms with van der Waals surface area (Å²) in [4.78, 5) is 0. The monoisotopic (exact) mass is 322 g/mol. The first-order valence-electron chi connectivity index (χ1n) is 8.35. The van der Waals surface area contributed by atoms with Crippen LogP contribution in [0.25, 0.3) is 16.9 Å². The number of nitrogens with zero attached hydrogens (tertiary/aromatic N) is 2. The third-order valence-electron chi connectivity index (χ3n) is 4.13. The fourth-order valence-corrected chi connectivity index (χ4v) is 2.92. The topological polar surface area (TPSA) is 58.3 Å². The second-order valence-corrected chi connectivity index (χ2v) is 5.93. The minimum atomic E-state index is 0.0826. The van der Waals surface area contributed by atoms with Crippen molar-refractivity contribution in [3.05, 3.63) is 60.3 Å². The van der Waals surface area contributed by atoms with Gasteiger partial charge in [-0.3, -0.25) is 0 Å². The number of para-hydroxylation sites is 1. The fraction of sp³-hybridized carbons (Fsp3) is 0.250. The molecular formula is C20H22N2O2. The molecular weight excluding hydrogens is 300 g/mol. The zero-order valence-electron chi connectivity index (χ0n) is 13.8. The molecule has 0 amide bonds. The number of hydrogen-bond donors (Lipinski definition) is 2. The number of benzene rings is 2. The predicted octanol–water partition coefficient (Wildman–Crippen LogP) is 4.68. The van der Waals surface area contributed by atoms with E-state index in [2.05, 4.69) is 12.0 Å². The SMILES string of the molecule is CCCCCc1cc(O)c(-c2ccnn2-c2ccccc2)c(O)c1. The van der Waals surface area contributed by atoms with E-state index in [1.54, 1.807) is 29.1 Å². The van der Waals surface area contributed by atoms with Crippen molar-refractivity contribution in [2.45, 2.75) is 32.6 Å². The van der Waals surface area contributed by atoms with Crippen molar-refractivity contribution in [2.75, 3.05) is 0 Å². The first-order chi connectivity index (χ1) is 11.7. The van der Waals surface area contributed by atoms with Gasteiger partial charge in [-0.15, -0.1) is 0 Å². The van der Waals surface area contributed by atoms with Crippen LogP contribution in [-0.4, -0.2) is 20.0 Å². The summed E-state index contributed by atoms with van der Waals surface area (Å²) < 4.78 is 1.71. The maximum Gasteiger partial charge on any atom is 0.128 e. The van der Waals surface area contributed by atoms with Crippen molar-refractivity contribution >= 4 is 0 Å². The Bertz CT molecular complexity index is 787. The molecule has 0 bridgehead atoms. The minimum Gasteiger partial charge on any atom is -0.507 e. The largest absolute Gasteiger partial charge is 0.507 e. The van der Waals surface area contributed by atoms with Gasteiger partial charge in [0.25, 0.3) is 0 Å². The van der Waals surface area contributed by atoms with Crippen LogP contribution in [0.5, 0.6) is 11.5 Å². The molecule has 2 N–H and O–H groups in total. The van der Waals surface area contributed by atoms with E-state index in [9.17, 15) is 10.2 Å². The molecule has 2 aromatic carbocycles. The van der Waals surface area contributed by atoms with Crippen molar-refractivity contribution in [3.63, 3.8) is 0 Å². The second-order valence-electron chi connectivity index (χ2n) is 5.93. The summed E-state index contributed by atoms with van der Waals surface area (Å²) in [5.41, 5.74) is 2.91. The van der Waals surface area contributed by atoms with Crippen LogP contribution in [0.3, 0.4) is 0 Å². The van der Waals surface area contributed by atoms with Gasteiger partial charge in [-0.05, 0) is 48.7 Å². The van der Waals surface area contributed by atoms with Gasteiger partial charge in [0.1, 0.15) is 11.5 Å². The fourth-order valence-electron chi connectivity index (χ4n) is 2.92. The normalized spacial score (nSPS) is 10.9. The van der Waals surface area contributed by atoms with Crippen LogP contribution in [0.1, 0.15) is 31.7 Å². The Morgan fingerprint density at radius 3 is 2.33 bits per heavy atom. The third-order valence-corrected chi connectivity index (χ3v) is 4.13. The summed E-state index contributed by atoms with van der Waals surface area (Å²) in [6.07, 6.45) is 5.86. The Morgan fingerprint density at radius 2 is 1.67 bits per heavy atom. The first-order valence-corrected chi connectivity index (χ1v) is 8.35. The molecule has 3 aromatic rings. The van der Waals surface area contributed by atoms with Gasteiger partial charge in [-0.25, -0.2) is 4.68 Å². The Morgan fingerprint density at radius 1 is 0.958 bits per heavy atom. The van der Waals surface area contributed by atoms with E-state index >= 15 is 0 Å². The standard InChI is InChI=1S/C20H22N2O2/c1-2-3-5-8-15-13-18(23)20(19(24)14-15)17-11-12-21-22(17)16-9-6-4-7-10-16/h4,6-7,9-14,23-24H,2-3,5,8H2,1H3. The van der Waals surface area contributed by atoms with E-state index < -0.39 is 0 Å². The number of unbranched alkanes of at least 4 members (excludes halogenated alkanes) is 2. The molecule has 1 aromatic heterocycles. The third kappa shape index (κ3) is 3.27. The number of phenols is 2. The quantitative estimate of drug-likeness (QED) is 0.648. The average Bonchev–Trinajstić information content (AvgIpc) is 3.04. The van der Waals surface area contributed by atoms with E-state index in [4.69, 9.17) is 0 Å². The van der Waals surface area contributed by atoms with Crippen molar-refractivity contribution in [3.8, 4) is 28.4 Å². The highest BCUT2D eigenvalue weighted by molar-refractivity contribution is 5.75. The zero-order chi connectivity index (χ0) is 16.9. The molecule has 0 aliphatic heterocycles. The van der Waals surface area contributed by atoms with Gasteiger partial charge in [-0.1, -0.05) is 38.0 Å². The number of aromatic nitrogens is 2. The highest BCUT2D eigenvalue weighted by atomic mass is 16.3. The highest BCUT2D eigenvalue weighted by Gasteiger charge is 2.17.